The first-order valence-electron chi connectivity index (χ1n) is 10.4. The SMILES string of the molecule is CCOC(=O)C1=C(CN(C)C2CCCc3ccccc32)NC(=O)NC1c1ccco1. The number of carbonyl (C=O) groups excluding carboxylic acids is 2. The molecular weight excluding hydrogens is 382 g/mol. The van der Waals surface area contributed by atoms with Gasteiger partial charge in [-0.1, -0.05) is 24.3 Å². The molecule has 4 rings (SSSR count). The Balaban J connectivity index is 1.68. The molecule has 1 aromatic carbocycles. The highest BCUT2D eigenvalue weighted by Crippen LogP contribution is 2.35. The number of nitrogens with zero attached hydrogens (tertiary/aromatic N) is 1. The van der Waals surface area contributed by atoms with Gasteiger partial charge in [-0.05, 0) is 56.5 Å². The van der Waals surface area contributed by atoms with Crippen LogP contribution in [0.5, 0.6) is 0 Å². The molecule has 7 nitrogen and oxygen atoms in total. The summed E-state index contributed by atoms with van der Waals surface area (Å²) in [5.74, 6) is 0.0370. The van der Waals surface area contributed by atoms with E-state index in [0.29, 0.717) is 23.6 Å². The lowest BCUT2D eigenvalue weighted by Gasteiger charge is -2.35. The summed E-state index contributed by atoms with van der Waals surface area (Å²) >= 11 is 0. The number of hydrogen-bond acceptors (Lipinski definition) is 5. The van der Waals surface area contributed by atoms with Crippen molar-refractivity contribution < 1.29 is 18.7 Å². The van der Waals surface area contributed by atoms with Crippen molar-refractivity contribution in [1.29, 1.82) is 0 Å². The molecule has 2 amide bonds. The summed E-state index contributed by atoms with van der Waals surface area (Å²) in [7, 11) is 2.03. The summed E-state index contributed by atoms with van der Waals surface area (Å²) in [6.07, 6.45) is 4.75. The predicted molar refractivity (Wildman–Crippen MR) is 112 cm³/mol. The van der Waals surface area contributed by atoms with Gasteiger partial charge in [-0.25, -0.2) is 9.59 Å². The third-order valence-corrected chi connectivity index (χ3v) is 5.75. The van der Waals surface area contributed by atoms with Crippen molar-refractivity contribution in [1.82, 2.24) is 15.5 Å². The highest BCUT2D eigenvalue weighted by atomic mass is 16.5. The predicted octanol–water partition coefficient (Wildman–Crippen LogP) is 3.46. The van der Waals surface area contributed by atoms with E-state index < -0.39 is 12.0 Å². The van der Waals surface area contributed by atoms with Crippen molar-refractivity contribution in [2.75, 3.05) is 20.2 Å². The fraction of sp³-hybridized carbons (Fsp3) is 0.391. The van der Waals surface area contributed by atoms with Crippen LogP contribution >= 0.6 is 0 Å². The summed E-state index contributed by atoms with van der Waals surface area (Å²) in [6.45, 7) is 2.43. The van der Waals surface area contributed by atoms with Gasteiger partial charge in [-0.15, -0.1) is 0 Å². The highest BCUT2D eigenvalue weighted by Gasteiger charge is 2.36. The third-order valence-electron chi connectivity index (χ3n) is 5.75. The lowest BCUT2D eigenvalue weighted by Crippen LogP contribution is -2.48. The minimum atomic E-state index is -0.685. The zero-order chi connectivity index (χ0) is 21.1. The van der Waals surface area contributed by atoms with Crippen LogP contribution in [0.4, 0.5) is 4.79 Å². The molecule has 2 atom stereocenters. The van der Waals surface area contributed by atoms with Crippen molar-refractivity contribution in [3.63, 3.8) is 0 Å². The largest absolute Gasteiger partial charge is 0.467 e. The molecule has 2 aromatic rings. The van der Waals surface area contributed by atoms with Gasteiger partial charge in [0.05, 0.1) is 18.4 Å². The van der Waals surface area contributed by atoms with Gasteiger partial charge in [0.1, 0.15) is 11.8 Å². The second-order valence-corrected chi connectivity index (χ2v) is 7.68. The van der Waals surface area contributed by atoms with Gasteiger partial charge in [0.25, 0.3) is 0 Å². The Bertz CT molecular complexity index is 951. The van der Waals surface area contributed by atoms with E-state index in [1.54, 1.807) is 19.1 Å². The lowest BCUT2D eigenvalue weighted by molar-refractivity contribution is -0.139. The molecule has 0 saturated heterocycles. The monoisotopic (exact) mass is 409 g/mol. The number of urea groups is 1. The van der Waals surface area contributed by atoms with E-state index in [0.717, 1.165) is 19.3 Å². The lowest BCUT2D eigenvalue weighted by atomic mass is 9.87. The molecule has 158 valence electrons. The van der Waals surface area contributed by atoms with E-state index in [2.05, 4.69) is 39.8 Å². The van der Waals surface area contributed by atoms with Crippen molar-refractivity contribution in [3.8, 4) is 0 Å². The number of likely N-dealkylation sites (N-methyl/N-ethyl adjacent to an activating group) is 1. The van der Waals surface area contributed by atoms with Gasteiger partial charge in [0.15, 0.2) is 0 Å². The molecule has 30 heavy (non-hydrogen) atoms. The van der Waals surface area contributed by atoms with Crippen LogP contribution in [-0.4, -0.2) is 37.1 Å². The van der Waals surface area contributed by atoms with E-state index in [1.807, 2.05) is 7.05 Å². The van der Waals surface area contributed by atoms with Gasteiger partial charge >= 0.3 is 12.0 Å². The Morgan fingerprint density at radius 3 is 2.87 bits per heavy atom. The highest BCUT2D eigenvalue weighted by molar-refractivity contribution is 5.95. The molecule has 2 unspecified atom stereocenters. The number of furan rings is 1. The smallest absolute Gasteiger partial charge is 0.338 e. The van der Waals surface area contributed by atoms with E-state index >= 15 is 0 Å². The topological polar surface area (TPSA) is 83.8 Å². The number of benzene rings is 1. The molecule has 7 heteroatoms. The van der Waals surface area contributed by atoms with Crippen LogP contribution < -0.4 is 10.6 Å². The molecule has 1 aromatic heterocycles. The Kier molecular flexibility index (Phi) is 5.90. The van der Waals surface area contributed by atoms with E-state index in [-0.39, 0.29) is 18.7 Å². The number of amides is 2. The molecular formula is C23H27N3O4. The molecule has 0 radical (unpaired) electrons. The molecule has 0 fully saturated rings. The fourth-order valence-corrected chi connectivity index (χ4v) is 4.41. The van der Waals surface area contributed by atoms with E-state index in [9.17, 15) is 9.59 Å². The average molecular weight is 409 g/mol. The summed E-state index contributed by atoms with van der Waals surface area (Å²) in [4.78, 5) is 27.4. The summed E-state index contributed by atoms with van der Waals surface area (Å²) < 4.78 is 10.8. The molecule has 2 heterocycles. The number of nitrogens with one attached hydrogen (secondary N) is 2. The fourth-order valence-electron chi connectivity index (χ4n) is 4.41. The van der Waals surface area contributed by atoms with Crippen LogP contribution in [-0.2, 0) is 16.0 Å². The summed E-state index contributed by atoms with van der Waals surface area (Å²) in [5.41, 5.74) is 3.60. The minimum absolute atomic E-state index is 0.222. The first-order valence-corrected chi connectivity index (χ1v) is 10.4. The van der Waals surface area contributed by atoms with Crippen LogP contribution in [0, 0.1) is 0 Å². The average Bonchev–Trinajstić information content (AvgIpc) is 3.28. The third kappa shape index (κ3) is 3.98. The van der Waals surface area contributed by atoms with Crippen molar-refractivity contribution in [2.24, 2.45) is 0 Å². The maximum atomic E-state index is 12.8. The number of esters is 1. The van der Waals surface area contributed by atoms with Gasteiger partial charge < -0.3 is 19.8 Å². The zero-order valence-corrected chi connectivity index (χ0v) is 17.3. The zero-order valence-electron chi connectivity index (χ0n) is 17.3. The Labute approximate surface area is 176 Å². The maximum absolute atomic E-state index is 12.8. The van der Waals surface area contributed by atoms with Crippen molar-refractivity contribution in [2.45, 2.75) is 38.3 Å². The number of ether oxygens (including phenoxy) is 1. The second-order valence-electron chi connectivity index (χ2n) is 7.68. The number of aryl methyl sites for hydroxylation is 1. The van der Waals surface area contributed by atoms with Gasteiger partial charge in [0.2, 0.25) is 0 Å². The molecule has 2 aliphatic rings. The number of carbonyl (C=O) groups is 2. The van der Waals surface area contributed by atoms with E-state index in [4.69, 9.17) is 9.15 Å². The van der Waals surface area contributed by atoms with Crippen LogP contribution in [0.2, 0.25) is 0 Å². The Hall–Kier alpha value is -3.06. The van der Waals surface area contributed by atoms with Crippen molar-refractivity contribution >= 4 is 12.0 Å². The van der Waals surface area contributed by atoms with Gasteiger partial charge in [-0.2, -0.15) is 0 Å². The normalized spacial score (nSPS) is 21.1. The standard InChI is InChI=1S/C23H27N3O4/c1-3-29-22(27)20-17(24-23(28)25-21(20)19-12-7-13-30-19)14-26(2)18-11-6-9-15-8-4-5-10-16(15)18/h4-5,7-8,10,12-13,18,21H,3,6,9,11,14H2,1-2H3,(H2,24,25,28). The molecule has 0 bridgehead atoms. The first kappa shape index (κ1) is 20.2. The maximum Gasteiger partial charge on any atom is 0.338 e. The molecule has 2 N–H and O–H groups in total. The number of hydrogen-bond donors (Lipinski definition) is 2. The van der Waals surface area contributed by atoms with Crippen molar-refractivity contribution in [3.05, 3.63) is 70.8 Å². The molecule has 0 spiro atoms. The van der Waals surface area contributed by atoms with Crippen LogP contribution in [0.1, 0.15) is 48.7 Å². The summed E-state index contributed by atoms with van der Waals surface area (Å²) in [5, 5.41) is 5.62. The molecule has 0 saturated carbocycles. The van der Waals surface area contributed by atoms with Crippen LogP contribution in [0.25, 0.3) is 0 Å². The van der Waals surface area contributed by atoms with E-state index in [1.165, 1.54) is 17.4 Å². The summed E-state index contributed by atoms with van der Waals surface area (Å²) in [6, 6.07) is 11.1. The molecule has 1 aliphatic carbocycles. The van der Waals surface area contributed by atoms with Gasteiger partial charge in [0, 0.05) is 18.3 Å². The van der Waals surface area contributed by atoms with Crippen LogP contribution in [0.3, 0.4) is 0 Å². The second kappa shape index (κ2) is 8.75. The van der Waals surface area contributed by atoms with Crippen LogP contribution in [0.15, 0.2) is 58.3 Å². The Morgan fingerprint density at radius 1 is 1.27 bits per heavy atom. The number of fused-ring (bicyclic) bond motifs is 1. The number of rotatable bonds is 6. The van der Waals surface area contributed by atoms with Gasteiger partial charge in [-0.3, -0.25) is 4.90 Å². The molecule has 1 aliphatic heterocycles. The first-order chi connectivity index (χ1) is 14.6. The Morgan fingerprint density at radius 2 is 2.10 bits per heavy atom. The minimum Gasteiger partial charge on any atom is -0.467 e. The quantitative estimate of drug-likeness (QED) is 0.714.